The molecular weight excluding hydrogens is 514 g/mol. The maximum atomic E-state index is 13.5. The van der Waals surface area contributed by atoms with E-state index in [9.17, 15) is 19.5 Å². The second-order valence-corrected chi connectivity index (χ2v) is 10.8. The number of hydrogen-bond acceptors (Lipinski definition) is 9. The number of carboxylic acid groups (broad SMARTS) is 1. The minimum atomic E-state index is -1.07. The number of morpholine rings is 1. The van der Waals surface area contributed by atoms with Gasteiger partial charge in [0, 0.05) is 18.7 Å². The molecule has 2 aliphatic heterocycles. The van der Waals surface area contributed by atoms with Crippen LogP contribution in [0.25, 0.3) is 11.7 Å². The molecule has 2 aromatic rings. The molecule has 2 N–H and O–H groups in total. The molecule has 198 valence electrons. The third kappa shape index (κ3) is 6.75. The van der Waals surface area contributed by atoms with E-state index in [1.165, 1.54) is 14.2 Å². The standard InChI is InChI=1S/C25H31N5O5S2/c1-17-6-5-10-29-22(17)27-21(26-8-11-28-12-14-35-15-13-28)18(23(29)33)16-19-24(34)30(25(36)37-19)9-4-2-3-7-20(31)32/h5-6,10,16,26H,2-4,7-9,11-15H2,1H3,(H,31,32). The lowest BCUT2D eigenvalue weighted by molar-refractivity contribution is -0.906. The topological polar surface area (TPSA) is 121 Å². The lowest BCUT2D eigenvalue weighted by Crippen LogP contribution is -3.14. The minimum absolute atomic E-state index is 0.000511. The average molecular weight is 546 g/mol. The van der Waals surface area contributed by atoms with Gasteiger partial charge in [-0.25, -0.2) is 4.98 Å². The van der Waals surface area contributed by atoms with Gasteiger partial charge in [-0.3, -0.25) is 18.9 Å². The first-order valence-corrected chi connectivity index (χ1v) is 13.7. The first-order valence-electron chi connectivity index (χ1n) is 12.5. The maximum absolute atomic E-state index is 13.5. The number of aliphatic carboxylic acids is 1. The van der Waals surface area contributed by atoms with Crippen LogP contribution in [0.2, 0.25) is 0 Å². The molecule has 2 fully saturated rings. The second kappa shape index (κ2) is 12.6. The fourth-order valence-electron chi connectivity index (χ4n) is 4.38. The Bertz CT molecular complexity index is 1270. The van der Waals surface area contributed by atoms with Crippen molar-refractivity contribution in [1.82, 2.24) is 14.3 Å². The largest absolute Gasteiger partial charge is 0.550 e. The van der Waals surface area contributed by atoms with Crippen LogP contribution in [0.5, 0.6) is 0 Å². The molecule has 4 heterocycles. The van der Waals surface area contributed by atoms with Gasteiger partial charge < -0.3 is 24.9 Å². The van der Waals surface area contributed by atoms with Crippen molar-refractivity contribution < 1.29 is 24.3 Å². The summed E-state index contributed by atoms with van der Waals surface area (Å²) in [7, 11) is 0. The van der Waals surface area contributed by atoms with Crippen molar-refractivity contribution in [2.24, 2.45) is 0 Å². The molecule has 0 spiro atoms. The van der Waals surface area contributed by atoms with E-state index in [4.69, 9.17) is 21.9 Å². The number of amides is 1. The van der Waals surface area contributed by atoms with Crippen molar-refractivity contribution in [2.45, 2.75) is 32.6 Å². The van der Waals surface area contributed by atoms with Crippen LogP contribution in [-0.2, 0) is 14.3 Å². The fourth-order valence-corrected chi connectivity index (χ4v) is 5.67. The van der Waals surface area contributed by atoms with Crippen molar-refractivity contribution in [2.75, 3.05) is 51.3 Å². The molecule has 0 atom stereocenters. The summed E-state index contributed by atoms with van der Waals surface area (Å²) in [6.07, 6.45) is 5.03. The average Bonchev–Trinajstić information content (AvgIpc) is 3.14. The van der Waals surface area contributed by atoms with E-state index < -0.39 is 5.97 Å². The van der Waals surface area contributed by atoms with Crippen LogP contribution < -0.4 is 20.9 Å². The number of aromatic nitrogens is 2. The highest BCUT2D eigenvalue weighted by Crippen LogP contribution is 2.33. The summed E-state index contributed by atoms with van der Waals surface area (Å²) >= 11 is 6.59. The van der Waals surface area contributed by atoms with Crippen LogP contribution in [-0.4, -0.2) is 76.4 Å². The highest BCUT2D eigenvalue weighted by molar-refractivity contribution is 8.26. The quantitative estimate of drug-likeness (QED) is 0.225. The molecule has 4 rings (SSSR count). The van der Waals surface area contributed by atoms with Gasteiger partial charge in [0.15, 0.2) is 0 Å². The normalized spacial score (nSPS) is 17.8. The Morgan fingerprint density at radius 2 is 2.08 bits per heavy atom. The van der Waals surface area contributed by atoms with Gasteiger partial charge in [-0.2, -0.15) is 0 Å². The first kappa shape index (κ1) is 27.2. The second-order valence-electron chi connectivity index (χ2n) is 9.12. The Balaban J connectivity index is 1.55. The number of hydrogen-bond donors (Lipinski definition) is 2. The van der Waals surface area contributed by atoms with E-state index >= 15 is 0 Å². The van der Waals surface area contributed by atoms with Gasteiger partial charge in [0.25, 0.3) is 11.5 Å². The van der Waals surface area contributed by atoms with Crippen molar-refractivity contribution in [3.05, 3.63) is 44.7 Å². The number of nitrogens with zero attached hydrogens (tertiary/aromatic N) is 3. The summed E-state index contributed by atoms with van der Waals surface area (Å²) in [6.45, 7) is 7.16. The van der Waals surface area contributed by atoms with Crippen molar-refractivity contribution in [1.29, 1.82) is 0 Å². The van der Waals surface area contributed by atoms with Gasteiger partial charge in [0.2, 0.25) is 0 Å². The van der Waals surface area contributed by atoms with Crippen molar-refractivity contribution in [3.8, 4) is 0 Å². The summed E-state index contributed by atoms with van der Waals surface area (Å²) in [6, 6.07) is 3.70. The zero-order chi connectivity index (χ0) is 26.4. The number of quaternary nitrogens is 1. The Morgan fingerprint density at radius 3 is 2.84 bits per heavy atom. The van der Waals surface area contributed by atoms with Gasteiger partial charge in [-0.05, 0) is 43.9 Å². The number of carbonyl (C=O) groups is 2. The van der Waals surface area contributed by atoms with Gasteiger partial charge in [0.05, 0.1) is 36.8 Å². The number of aryl methyl sites for hydroxylation is 1. The van der Waals surface area contributed by atoms with Gasteiger partial charge in [-0.1, -0.05) is 36.5 Å². The number of nitrogens with one attached hydrogen (secondary N) is 2. The number of carboxylic acids is 1. The summed E-state index contributed by atoms with van der Waals surface area (Å²) in [5.41, 5.74) is 1.49. The maximum Gasteiger partial charge on any atom is 0.267 e. The van der Waals surface area contributed by atoms with E-state index in [1.54, 1.807) is 18.3 Å². The summed E-state index contributed by atoms with van der Waals surface area (Å²) in [5, 5.41) is 13.9. The fraction of sp³-hybridized carbons (Fsp3) is 0.480. The lowest BCUT2D eigenvalue weighted by Gasteiger charge is -2.24. The summed E-state index contributed by atoms with van der Waals surface area (Å²) in [5.74, 6) is -0.887. The van der Waals surface area contributed by atoms with Gasteiger partial charge in [-0.15, -0.1) is 0 Å². The molecule has 0 radical (unpaired) electrons. The Hall–Kier alpha value is -2.80. The number of carbonyl (C=O) groups excluding carboxylic acids is 2. The van der Waals surface area contributed by atoms with Crippen molar-refractivity contribution in [3.63, 3.8) is 0 Å². The van der Waals surface area contributed by atoms with Crippen LogP contribution in [0.15, 0.2) is 28.0 Å². The SMILES string of the molecule is Cc1cccn2c(=O)c(C=C3SC(=S)N(CCCCCC(=O)[O-])C3=O)c(NCC[NH+]3CCOCC3)nc12. The van der Waals surface area contributed by atoms with E-state index in [2.05, 4.69) is 5.32 Å². The molecule has 2 aromatic heterocycles. The molecule has 0 aliphatic carbocycles. The molecular formula is C25H31N5O5S2. The zero-order valence-corrected chi connectivity index (χ0v) is 22.4. The number of fused-ring (bicyclic) bond motifs is 1. The molecule has 10 nitrogen and oxygen atoms in total. The number of rotatable bonds is 11. The molecule has 2 aliphatic rings. The monoisotopic (exact) mass is 545 g/mol. The van der Waals surface area contributed by atoms with Crippen LogP contribution in [0, 0.1) is 6.92 Å². The van der Waals surface area contributed by atoms with E-state index in [0.29, 0.717) is 58.6 Å². The molecule has 0 saturated carbocycles. The van der Waals surface area contributed by atoms with Gasteiger partial charge >= 0.3 is 0 Å². The number of unbranched alkanes of at least 4 members (excludes halogenated alkanes) is 2. The number of ether oxygens (including phenoxy) is 1. The van der Waals surface area contributed by atoms with Crippen molar-refractivity contribution >= 4 is 57.7 Å². The molecule has 2 saturated heterocycles. The molecule has 37 heavy (non-hydrogen) atoms. The summed E-state index contributed by atoms with van der Waals surface area (Å²) in [4.78, 5) is 45.3. The molecule has 0 bridgehead atoms. The predicted octanol–water partition coefficient (Wildman–Crippen LogP) is -0.159. The van der Waals surface area contributed by atoms with Gasteiger partial charge in [0.1, 0.15) is 28.9 Å². The van der Waals surface area contributed by atoms with E-state index in [-0.39, 0.29) is 17.9 Å². The molecule has 0 unspecified atom stereocenters. The number of thioether (sulfide) groups is 1. The zero-order valence-electron chi connectivity index (χ0n) is 20.8. The van der Waals surface area contributed by atoms with Crippen LogP contribution in [0.3, 0.4) is 0 Å². The highest BCUT2D eigenvalue weighted by atomic mass is 32.2. The number of anilines is 1. The highest BCUT2D eigenvalue weighted by Gasteiger charge is 2.32. The predicted molar refractivity (Wildman–Crippen MR) is 144 cm³/mol. The lowest BCUT2D eigenvalue weighted by atomic mass is 10.2. The van der Waals surface area contributed by atoms with E-state index in [1.807, 2.05) is 13.0 Å². The first-order chi connectivity index (χ1) is 17.8. The number of thiocarbonyl (C=S) groups is 1. The minimum Gasteiger partial charge on any atom is -0.550 e. The van der Waals surface area contributed by atoms with E-state index in [0.717, 1.165) is 50.2 Å². The Morgan fingerprint density at radius 1 is 1.30 bits per heavy atom. The van der Waals surface area contributed by atoms with Crippen LogP contribution in [0.4, 0.5) is 5.82 Å². The third-order valence-electron chi connectivity index (χ3n) is 6.47. The number of pyridine rings is 1. The van der Waals surface area contributed by atoms with Crippen LogP contribution in [0.1, 0.15) is 36.8 Å². The molecule has 1 amide bonds. The third-order valence-corrected chi connectivity index (χ3v) is 7.84. The van der Waals surface area contributed by atoms with Crippen LogP contribution >= 0.6 is 24.0 Å². The smallest absolute Gasteiger partial charge is 0.267 e. The molecule has 12 heteroatoms. The Labute approximate surface area is 224 Å². The summed E-state index contributed by atoms with van der Waals surface area (Å²) < 4.78 is 7.35. The molecule has 0 aromatic carbocycles. The Kier molecular flexibility index (Phi) is 9.30.